The Hall–Kier alpha value is -1.36. The summed E-state index contributed by atoms with van der Waals surface area (Å²) in [6, 6.07) is 3.94. The highest BCUT2D eigenvalue weighted by molar-refractivity contribution is 7.13. The number of carbonyl (C=O) groups excluding carboxylic acids is 2. The van der Waals surface area contributed by atoms with Gasteiger partial charge in [-0.15, -0.1) is 11.3 Å². The Balaban J connectivity index is 1.31. The van der Waals surface area contributed by atoms with E-state index in [9.17, 15) is 9.59 Å². The minimum atomic E-state index is -0.157. The molecule has 1 atom stereocenters. The molecule has 0 aromatic carbocycles. The Bertz CT molecular complexity index is 646. The second kappa shape index (κ2) is 6.42. The topological polar surface area (TPSA) is 58.2 Å². The van der Waals surface area contributed by atoms with Crippen LogP contribution >= 0.6 is 11.3 Å². The van der Waals surface area contributed by atoms with Gasteiger partial charge in [-0.05, 0) is 87.7 Å². The third kappa shape index (κ3) is 3.35. The monoisotopic (exact) mass is 360 g/mol. The predicted octanol–water partition coefficient (Wildman–Crippen LogP) is 3.51. The molecule has 5 rings (SSSR count). The van der Waals surface area contributed by atoms with E-state index in [2.05, 4.69) is 17.6 Å². The van der Waals surface area contributed by atoms with Crippen molar-refractivity contribution in [2.24, 2.45) is 23.2 Å². The van der Waals surface area contributed by atoms with E-state index >= 15 is 0 Å². The molecular weight excluding hydrogens is 332 g/mol. The predicted molar refractivity (Wildman–Crippen MR) is 99.6 cm³/mol. The zero-order valence-corrected chi connectivity index (χ0v) is 16.0. The van der Waals surface area contributed by atoms with Crippen LogP contribution in [0.25, 0.3) is 0 Å². The number of thiophene rings is 1. The van der Waals surface area contributed by atoms with Gasteiger partial charge >= 0.3 is 0 Å². The molecule has 136 valence electrons. The van der Waals surface area contributed by atoms with Crippen LogP contribution in [0.15, 0.2) is 12.1 Å². The van der Waals surface area contributed by atoms with E-state index in [1.54, 1.807) is 0 Å². The highest BCUT2D eigenvalue weighted by atomic mass is 32.1. The van der Waals surface area contributed by atoms with Gasteiger partial charge in [-0.25, -0.2) is 0 Å². The number of nitrogens with one attached hydrogen (secondary N) is 2. The summed E-state index contributed by atoms with van der Waals surface area (Å²) >= 11 is 1.46. The van der Waals surface area contributed by atoms with Crippen molar-refractivity contribution in [3.05, 3.63) is 21.9 Å². The van der Waals surface area contributed by atoms with E-state index in [4.69, 9.17) is 0 Å². The van der Waals surface area contributed by atoms with E-state index in [-0.39, 0.29) is 24.4 Å². The quantitative estimate of drug-likeness (QED) is 0.844. The fourth-order valence-corrected chi connectivity index (χ4v) is 6.74. The van der Waals surface area contributed by atoms with Crippen LogP contribution in [0.4, 0.5) is 0 Å². The van der Waals surface area contributed by atoms with Gasteiger partial charge in [-0.1, -0.05) is 0 Å². The normalized spacial score (nSPS) is 33.9. The molecule has 2 amide bonds. The fraction of sp³-hybridized carbons (Fsp3) is 0.700. The lowest BCUT2D eigenvalue weighted by atomic mass is 9.48. The molecule has 25 heavy (non-hydrogen) atoms. The van der Waals surface area contributed by atoms with Crippen molar-refractivity contribution in [3.8, 4) is 0 Å². The third-order valence-corrected chi connectivity index (χ3v) is 7.75. The molecule has 5 heteroatoms. The van der Waals surface area contributed by atoms with Gasteiger partial charge in [-0.2, -0.15) is 0 Å². The summed E-state index contributed by atoms with van der Waals surface area (Å²) in [5.74, 6) is 2.42. The molecule has 1 aromatic heterocycles. The summed E-state index contributed by atoms with van der Waals surface area (Å²) in [5, 5.41) is 5.95. The molecule has 1 unspecified atom stereocenters. The van der Waals surface area contributed by atoms with Gasteiger partial charge in [-0.3, -0.25) is 9.59 Å². The van der Waals surface area contributed by atoms with Gasteiger partial charge in [0.15, 0.2) is 0 Å². The minimum Gasteiger partial charge on any atom is -0.352 e. The molecule has 4 aliphatic carbocycles. The molecule has 4 bridgehead atoms. The van der Waals surface area contributed by atoms with Gasteiger partial charge in [0.1, 0.15) is 0 Å². The molecular formula is C20H28N2O2S. The Labute approximate surface area is 153 Å². The number of aryl methyl sites for hydroxylation is 1. The Morgan fingerprint density at radius 2 is 1.76 bits per heavy atom. The third-order valence-electron chi connectivity index (χ3n) is 6.76. The number of rotatable bonds is 5. The summed E-state index contributed by atoms with van der Waals surface area (Å²) in [6.45, 7) is 4.21. The number of carbonyl (C=O) groups is 2. The van der Waals surface area contributed by atoms with Gasteiger partial charge < -0.3 is 10.6 Å². The van der Waals surface area contributed by atoms with Crippen LogP contribution in [0.1, 0.15) is 60.0 Å². The summed E-state index contributed by atoms with van der Waals surface area (Å²) in [6.07, 6.45) is 8.08. The van der Waals surface area contributed by atoms with E-state index in [0.717, 1.165) is 22.6 Å². The lowest BCUT2D eigenvalue weighted by molar-refractivity contribution is -0.124. The molecule has 4 nitrogen and oxygen atoms in total. The Morgan fingerprint density at radius 1 is 1.16 bits per heavy atom. The molecule has 4 aliphatic rings. The second-order valence-electron chi connectivity index (χ2n) is 8.66. The minimum absolute atomic E-state index is 0.0620. The average Bonchev–Trinajstić information content (AvgIpc) is 2.98. The first-order valence-corrected chi connectivity index (χ1v) is 10.4. The Kier molecular flexibility index (Phi) is 4.38. The van der Waals surface area contributed by atoms with E-state index in [1.165, 1.54) is 49.9 Å². The standard InChI is InChI=1S/C20H28N2O2S/c1-12-3-4-17(25-12)19(24)21-11-18(23)22-13(2)20-8-14-5-15(9-20)7-16(6-14)10-20/h3-4,13-16H,5-11H2,1-2H3,(H,21,24)(H,22,23). The highest BCUT2D eigenvalue weighted by Gasteiger charge is 2.53. The molecule has 4 saturated carbocycles. The molecule has 0 saturated heterocycles. The zero-order chi connectivity index (χ0) is 17.6. The van der Waals surface area contributed by atoms with Crippen LogP contribution in [0.2, 0.25) is 0 Å². The molecule has 4 fully saturated rings. The maximum Gasteiger partial charge on any atom is 0.261 e. The lowest BCUT2D eigenvalue weighted by Gasteiger charge is -2.59. The van der Waals surface area contributed by atoms with Crippen molar-refractivity contribution in [3.63, 3.8) is 0 Å². The van der Waals surface area contributed by atoms with Crippen molar-refractivity contribution < 1.29 is 9.59 Å². The van der Waals surface area contributed by atoms with E-state index < -0.39 is 0 Å². The molecule has 1 heterocycles. The summed E-state index contributed by atoms with van der Waals surface area (Å²) in [7, 11) is 0. The SMILES string of the molecule is Cc1ccc(C(=O)NCC(=O)NC(C)C23CC4CC(CC(C4)C2)C3)s1. The largest absolute Gasteiger partial charge is 0.352 e. The zero-order valence-electron chi connectivity index (χ0n) is 15.1. The summed E-state index contributed by atoms with van der Waals surface area (Å²) < 4.78 is 0. The smallest absolute Gasteiger partial charge is 0.261 e. The summed E-state index contributed by atoms with van der Waals surface area (Å²) in [5.41, 5.74) is 0.305. The maximum atomic E-state index is 12.4. The van der Waals surface area contributed by atoms with E-state index in [0.29, 0.717) is 10.3 Å². The van der Waals surface area contributed by atoms with Crippen LogP contribution < -0.4 is 10.6 Å². The van der Waals surface area contributed by atoms with Crippen LogP contribution in [-0.2, 0) is 4.79 Å². The number of hydrogen-bond acceptors (Lipinski definition) is 3. The first-order chi connectivity index (χ1) is 11.9. The van der Waals surface area contributed by atoms with Crippen LogP contribution in [0, 0.1) is 30.1 Å². The highest BCUT2D eigenvalue weighted by Crippen LogP contribution is 2.61. The molecule has 0 spiro atoms. The molecule has 2 N–H and O–H groups in total. The van der Waals surface area contributed by atoms with Gasteiger partial charge in [0.2, 0.25) is 5.91 Å². The summed E-state index contributed by atoms with van der Waals surface area (Å²) in [4.78, 5) is 26.2. The van der Waals surface area contributed by atoms with Crippen LogP contribution in [-0.4, -0.2) is 24.4 Å². The number of amides is 2. The van der Waals surface area contributed by atoms with E-state index in [1.807, 2.05) is 19.1 Å². The van der Waals surface area contributed by atoms with Crippen molar-refractivity contribution >= 4 is 23.2 Å². The Morgan fingerprint density at radius 3 is 2.28 bits per heavy atom. The van der Waals surface area contributed by atoms with Crippen LogP contribution in [0.3, 0.4) is 0 Å². The van der Waals surface area contributed by atoms with Crippen molar-refractivity contribution in [1.29, 1.82) is 0 Å². The second-order valence-corrected chi connectivity index (χ2v) is 9.95. The fourth-order valence-electron chi connectivity index (χ4n) is 5.96. The molecule has 0 radical (unpaired) electrons. The number of hydrogen-bond donors (Lipinski definition) is 2. The van der Waals surface area contributed by atoms with Gasteiger partial charge in [0.25, 0.3) is 5.91 Å². The maximum absolute atomic E-state index is 12.4. The lowest BCUT2D eigenvalue weighted by Crippen LogP contribution is -2.56. The first-order valence-electron chi connectivity index (χ1n) is 9.57. The first kappa shape index (κ1) is 17.1. The average molecular weight is 361 g/mol. The molecule has 0 aliphatic heterocycles. The van der Waals surface area contributed by atoms with Gasteiger partial charge in [0.05, 0.1) is 11.4 Å². The van der Waals surface area contributed by atoms with Crippen molar-refractivity contribution in [2.45, 2.75) is 58.4 Å². The van der Waals surface area contributed by atoms with Crippen molar-refractivity contribution in [1.82, 2.24) is 10.6 Å². The van der Waals surface area contributed by atoms with Crippen LogP contribution in [0.5, 0.6) is 0 Å². The van der Waals surface area contributed by atoms with Gasteiger partial charge in [0, 0.05) is 10.9 Å². The molecule has 1 aromatic rings. The van der Waals surface area contributed by atoms with Crippen molar-refractivity contribution in [2.75, 3.05) is 6.54 Å².